The fraction of sp³-hybridized carbons (Fsp3) is 0.0667. The average Bonchev–Trinajstić information content (AvgIpc) is 2.39. The molecule has 0 aliphatic rings. The van der Waals surface area contributed by atoms with Gasteiger partial charge in [-0.1, -0.05) is 15.9 Å². The normalized spacial score (nSPS) is 10.2. The highest BCUT2D eigenvalue weighted by molar-refractivity contribution is 9.10. The van der Waals surface area contributed by atoms with Crippen molar-refractivity contribution >= 4 is 33.5 Å². The second kappa shape index (κ2) is 5.97. The zero-order chi connectivity index (χ0) is 15.6. The molecule has 3 N–H and O–H groups in total. The van der Waals surface area contributed by atoms with Crippen molar-refractivity contribution < 1.29 is 19.8 Å². The first-order valence-electron chi connectivity index (χ1n) is 6.01. The number of aromatic hydroxyl groups is 1. The van der Waals surface area contributed by atoms with Gasteiger partial charge in [-0.2, -0.15) is 0 Å². The minimum absolute atomic E-state index is 0.128. The lowest BCUT2D eigenvalue weighted by Crippen LogP contribution is -2.15. The Balaban J connectivity index is 2.33. The number of amides is 1. The third-order valence-corrected chi connectivity index (χ3v) is 3.24. The Morgan fingerprint density at radius 2 is 1.86 bits per heavy atom. The number of benzene rings is 2. The zero-order valence-electron chi connectivity index (χ0n) is 11.1. The van der Waals surface area contributed by atoms with Crippen molar-refractivity contribution in [3.05, 3.63) is 57.6 Å². The van der Waals surface area contributed by atoms with E-state index in [4.69, 9.17) is 5.11 Å². The number of aryl methyl sites for hydroxylation is 1. The number of carbonyl (C=O) groups is 2. The Kier molecular flexibility index (Phi) is 4.28. The van der Waals surface area contributed by atoms with Gasteiger partial charge in [0.1, 0.15) is 5.75 Å². The quantitative estimate of drug-likeness (QED) is 0.741. The van der Waals surface area contributed by atoms with E-state index >= 15 is 0 Å². The van der Waals surface area contributed by atoms with Crippen molar-refractivity contribution in [2.75, 3.05) is 5.32 Å². The molecular formula is C15H12BrNO4. The second-order valence-electron chi connectivity index (χ2n) is 4.51. The van der Waals surface area contributed by atoms with Crippen LogP contribution in [0.25, 0.3) is 0 Å². The topological polar surface area (TPSA) is 86.6 Å². The first-order chi connectivity index (χ1) is 9.86. The van der Waals surface area contributed by atoms with Crippen molar-refractivity contribution in [2.45, 2.75) is 6.92 Å². The smallest absolute Gasteiger partial charge is 0.337 e. The summed E-state index contributed by atoms with van der Waals surface area (Å²) in [4.78, 5) is 23.3. The summed E-state index contributed by atoms with van der Waals surface area (Å²) in [7, 11) is 0. The van der Waals surface area contributed by atoms with Gasteiger partial charge in [0, 0.05) is 10.0 Å². The number of phenols is 1. The van der Waals surface area contributed by atoms with Crippen molar-refractivity contribution in [3.63, 3.8) is 0 Å². The summed E-state index contributed by atoms with van der Waals surface area (Å²) < 4.78 is 0.761. The molecule has 2 rings (SSSR count). The van der Waals surface area contributed by atoms with Crippen LogP contribution in [-0.4, -0.2) is 22.1 Å². The van der Waals surface area contributed by atoms with E-state index in [1.165, 1.54) is 12.1 Å². The van der Waals surface area contributed by atoms with Gasteiger partial charge in [0.05, 0.1) is 11.3 Å². The number of hydrogen-bond acceptors (Lipinski definition) is 3. The maximum absolute atomic E-state index is 12.2. The molecule has 0 radical (unpaired) electrons. The van der Waals surface area contributed by atoms with Crippen LogP contribution < -0.4 is 5.32 Å². The van der Waals surface area contributed by atoms with Crippen LogP contribution in [0.3, 0.4) is 0 Å². The summed E-state index contributed by atoms with van der Waals surface area (Å²) in [5, 5.41) is 21.0. The summed E-state index contributed by atoms with van der Waals surface area (Å²) in [5.41, 5.74) is 1.27. The highest BCUT2D eigenvalue weighted by atomic mass is 79.9. The Morgan fingerprint density at radius 1 is 1.14 bits per heavy atom. The van der Waals surface area contributed by atoms with E-state index in [-0.39, 0.29) is 17.0 Å². The fourth-order valence-corrected chi connectivity index (χ4v) is 2.49. The lowest BCUT2D eigenvalue weighted by molar-refractivity contribution is 0.0697. The third kappa shape index (κ3) is 3.61. The van der Waals surface area contributed by atoms with Crippen LogP contribution in [0.4, 0.5) is 5.69 Å². The molecular weight excluding hydrogens is 338 g/mol. The molecule has 5 nitrogen and oxygen atoms in total. The largest absolute Gasteiger partial charge is 0.508 e. The van der Waals surface area contributed by atoms with Gasteiger partial charge in [0.2, 0.25) is 0 Å². The molecule has 0 fully saturated rings. The number of hydrogen-bond donors (Lipinski definition) is 3. The molecule has 2 aromatic carbocycles. The molecule has 0 atom stereocenters. The lowest BCUT2D eigenvalue weighted by atomic mass is 10.1. The maximum atomic E-state index is 12.2. The lowest BCUT2D eigenvalue weighted by Gasteiger charge is -2.09. The Labute approximate surface area is 129 Å². The average molecular weight is 350 g/mol. The first-order valence-corrected chi connectivity index (χ1v) is 6.81. The fourth-order valence-electron chi connectivity index (χ4n) is 1.88. The second-order valence-corrected chi connectivity index (χ2v) is 5.42. The number of aromatic carboxylic acids is 1. The molecule has 0 aromatic heterocycles. The van der Waals surface area contributed by atoms with E-state index in [1.54, 1.807) is 12.1 Å². The van der Waals surface area contributed by atoms with Crippen LogP contribution in [0.1, 0.15) is 26.3 Å². The molecule has 0 heterocycles. The minimum atomic E-state index is -1.23. The molecule has 0 aliphatic heterocycles. The zero-order valence-corrected chi connectivity index (χ0v) is 12.6. The molecule has 2 aromatic rings. The highest BCUT2D eigenvalue weighted by Crippen LogP contribution is 2.23. The number of phenolic OH excluding ortho intramolecular Hbond substituents is 1. The monoisotopic (exact) mass is 349 g/mol. The van der Waals surface area contributed by atoms with E-state index in [2.05, 4.69) is 21.2 Å². The molecule has 0 aliphatic carbocycles. The van der Waals surface area contributed by atoms with Gasteiger partial charge in [-0.25, -0.2) is 4.79 Å². The van der Waals surface area contributed by atoms with Crippen LogP contribution in [-0.2, 0) is 0 Å². The Bertz CT molecular complexity index is 707. The van der Waals surface area contributed by atoms with Gasteiger partial charge in [0.25, 0.3) is 5.91 Å². The first kappa shape index (κ1) is 15.1. The predicted molar refractivity (Wildman–Crippen MR) is 81.9 cm³/mol. The minimum Gasteiger partial charge on any atom is -0.508 e. The summed E-state index contributed by atoms with van der Waals surface area (Å²) in [6.45, 7) is 1.85. The molecule has 1 amide bonds. The van der Waals surface area contributed by atoms with Crippen LogP contribution in [0.5, 0.6) is 5.75 Å². The van der Waals surface area contributed by atoms with E-state index < -0.39 is 11.9 Å². The molecule has 0 saturated heterocycles. The Hall–Kier alpha value is -2.34. The van der Waals surface area contributed by atoms with E-state index in [0.29, 0.717) is 5.56 Å². The molecule has 0 saturated carbocycles. The van der Waals surface area contributed by atoms with Crippen molar-refractivity contribution in [1.29, 1.82) is 0 Å². The van der Waals surface area contributed by atoms with Gasteiger partial charge >= 0.3 is 5.97 Å². The van der Waals surface area contributed by atoms with Gasteiger partial charge in [-0.05, 0) is 48.9 Å². The third-order valence-electron chi connectivity index (χ3n) is 2.79. The Morgan fingerprint density at radius 3 is 2.48 bits per heavy atom. The molecule has 0 bridgehead atoms. The number of anilines is 1. The molecule has 6 heteroatoms. The SMILES string of the molecule is Cc1cc(Br)cc(C(=O)Nc2ccc(O)cc2C(=O)O)c1. The number of halogens is 1. The molecule has 108 valence electrons. The van der Waals surface area contributed by atoms with E-state index in [9.17, 15) is 14.7 Å². The van der Waals surface area contributed by atoms with Crippen LogP contribution in [0.15, 0.2) is 40.9 Å². The van der Waals surface area contributed by atoms with Crippen molar-refractivity contribution in [3.8, 4) is 5.75 Å². The maximum Gasteiger partial charge on any atom is 0.337 e. The number of carbonyl (C=O) groups excluding carboxylic acids is 1. The number of carboxylic acid groups (broad SMARTS) is 1. The summed E-state index contributed by atoms with van der Waals surface area (Å²) >= 11 is 3.31. The highest BCUT2D eigenvalue weighted by Gasteiger charge is 2.15. The van der Waals surface area contributed by atoms with Crippen molar-refractivity contribution in [1.82, 2.24) is 0 Å². The van der Waals surface area contributed by atoms with Gasteiger partial charge in [0.15, 0.2) is 0 Å². The molecule has 21 heavy (non-hydrogen) atoms. The van der Waals surface area contributed by atoms with Crippen LogP contribution in [0.2, 0.25) is 0 Å². The molecule has 0 unspecified atom stereocenters. The standard InChI is InChI=1S/C15H12BrNO4/c1-8-4-9(6-10(16)5-8)14(19)17-13-3-2-11(18)7-12(13)15(20)21/h2-7,18H,1H3,(H,17,19)(H,20,21). The van der Waals surface area contributed by atoms with E-state index in [1.807, 2.05) is 13.0 Å². The van der Waals surface area contributed by atoms with Gasteiger partial charge < -0.3 is 15.5 Å². The summed E-state index contributed by atoms with van der Waals surface area (Å²) in [5.74, 6) is -1.83. The number of nitrogens with one attached hydrogen (secondary N) is 1. The molecule has 0 spiro atoms. The summed E-state index contributed by atoms with van der Waals surface area (Å²) in [6, 6.07) is 8.95. The van der Waals surface area contributed by atoms with Crippen LogP contribution >= 0.6 is 15.9 Å². The van der Waals surface area contributed by atoms with Crippen molar-refractivity contribution in [2.24, 2.45) is 0 Å². The van der Waals surface area contributed by atoms with Crippen LogP contribution in [0, 0.1) is 6.92 Å². The summed E-state index contributed by atoms with van der Waals surface area (Å²) in [6.07, 6.45) is 0. The van der Waals surface area contributed by atoms with Gasteiger partial charge in [-0.3, -0.25) is 4.79 Å². The number of carboxylic acids is 1. The predicted octanol–water partition coefficient (Wildman–Crippen LogP) is 3.41. The van der Waals surface area contributed by atoms with E-state index in [0.717, 1.165) is 16.1 Å². The van der Waals surface area contributed by atoms with Gasteiger partial charge in [-0.15, -0.1) is 0 Å². The number of rotatable bonds is 3.